The molecule has 138 valence electrons. The lowest BCUT2D eigenvalue weighted by molar-refractivity contribution is -0.121. The smallest absolute Gasteiger partial charge is 0.222 e. The fourth-order valence-corrected chi connectivity index (χ4v) is 4.77. The number of carbonyl (C=O) groups excluding carboxylic acids is 1. The number of benzene rings is 2. The van der Waals surface area contributed by atoms with E-state index in [4.69, 9.17) is 0 Å². The largest absolute Gasteiger partial charge is 0.355 e. The van der Waals surface area contributed by atoms with Crippen LogP contribution in [0.3, 0.4) is 0 Å². The van der Waals surface area contributed by atoms with Crippen LogP contribution in [0.1, 0.15) is 23.6 Å². The molecule has 0 bridgehead atoms. The van der Waals surface area contributed by atoms with Gasteiger partial charge in [0.1, 0.15) is 11.6 Å². The lowest BCUT2D eigenvalue weighted by atomic mass is 10.0. The van der Waals surface area contributed by atoms with Gasteiger partial charge in [-0.1, -0.05) is 36.4 Å². The minimum atomic E-state index is -3.94. The van der Waals surface area contributed by atoms with Crippen molar-refractivity contribution in [3.63, 3.8) is 0 Å². The molecule has 1 aliphatic rings. The van der Waals surface area contributed by atoms with Crippen LogP contribution < -0.4 is 5.32 Å². The van der Waals surface area contributed by atoms with Crippen molar-refractivity contribution in [3.05, 3.63) is 71.3 Å². The summed E-state index contributed by atoms with van der Waals surface area (Å²) in [4.78, 5) is 12.0. The van der Waals surface area contributed by atoms with E-state index >= 15 is 0 Å². The molecule has 1 fully saturated rings. The third kappa shape index (κ3) is 4.08. The van der Waals surface area contributed by atoms with Crippen LogP contribution in [-0.2, 0) is 20.6 Å². The highest BCUT2D eigenvalue weighted by molar-refractivity contribution is 7.88. The molecule has 3 rings (SSSR count). The normalized spacial score (nSPS) is 19.0. The predicted octanol–water partition coefficient (Wildman–Crippen LogP) is 2.36. The molecule has 2 aromatic carbocycles. The van der Waals surface area contributed by atoms with Crippen molar-refractivity contribution < 1.29 is 22.0 Å². The van der Waals surface area contributed by atoms with Crippen LogP contribution in [0.5, 0.6) is 0 Å². The zero-order valence-corrected chi connectivity index (χ0v) is 14.7. The van der Waals surface area contributed by atoms with Gasteiger partial charge < -0.3 is 5.32 Å². The summed E-state index contributed by atoms with van der Waals surface area (Å²) in [5.74, 6) is -2.52. The number of nitrogens with one attached hydrogen (secondary N) is 1. The van der Waals surface area contributed by atoms with Gasteiger partial charge in [0.2, 0.25) is 15.9 Å². The molecule has 1 N–H and O–H groups in total. The summed E-state index contributed by atoms with van der Waals surface area (Å²) in [7, 11) is -3.94. The molecule has 8 heteroatoms. The average molecular weight is 380 g/mol. The first kappa shape index (κ1) is 18.5. The Labute approximate surface area is 150 Å². The number of hydrogen-bond acceptors (Lipinski definition) is 3. The Bertz CT molecular complexity index is 904. The molecular formula is C18H18F2N2O3S. The van der Waals surface area contributed by atoms with Gasteiger partial charge in [0, 0.05) is 31.1 Å². The van der Waals surface area contributed by atoms with E-state index in [1.165, 1.54) is 4.31 Å². The maximum Gasteiger partial charge on any atom is 0.222 e. The zero-order valence-electron chi connectivity index (χ0n) is 13.9. The van der Waals surface area contributed by atoms with E-state index in [0.717, 1.165) is 12.1 Å². The Morgan fingerprint density at radius 1 is 1.12 bits per heavy atom. The number of amides is 1. The molecule has 1 heterocycles. The van der Waals surface area contributed by atoms with Crippen LogP contribution in [-0.4, -0.2) is 31.7 Å². The lowest BCUT2D eigenvalue weighted by Crippen LogP contribution is -2.37. The number of carbonyl (C=O) groups is 1. The molecule has 0 aliphatic carbocycles. The Morgan fingerprint density at radius 3 is 2.54 bits per heavy atom. The van der Waals surface area contributed by atoms with Gasteiger partial charge in [-0.05, 0) is 11.6 Å². The van der Waals surface area contributed by atoms with Crippen molar-refractivity contribution in [2.45, 2.75) is 18.2 Å². The van der Waals surface area contributed by atoms with Gasteiger partial charge in [0.05, 0.1) is 11.8 Å². The van der Waals surface area contributed by atoms with E-state index in [1.54, 1.807) is 30.3 Å². The molecule has 0 aromatic heterocycles. The van der Waals surface area contributed by atoms with Crippen molar-refractivity contribution >= 4 is 15.9 Å². The zero-order chi connectivity index (χ0) is 18.7. The molecule has 0 unspecified atom stereocenters. The third-order valence-corrected chi connectivity index (χ3v) is 6.10. The summed E-state index contributed by atoms with van der Waals surface area (Å²) < 4.78 is 54.1. The van der Waals surface area contributed by atoms with Gasteiger partial charge in [0.25, 0.3) is 0 Å². The number of hydrogen-bond donors (Lipinski definition) is 1. The number of sulfonamides is 1. The Kier molecular flexibility index (Phi) is 5.33. The predicted molar refractivity (Wildman–Crippen MR) is 92.5 cm³/mol. The molecule has 5 nitrogen and oxygen atoms in total. The summed E-state index contributed by atoms with van der Waals surface area (Å²) in [6.07, 6.45) is -0.0187. The van der Waals surface area contributed by atoms with Gasteiger partial charge in [-0.2, -0.15) is 4.31 Å². The van der Waals surface area contributed by atoms with E-state index < -0.39 is 33.5 Å². The Morgan fingerprint density at radius 2 is 1.85 bits per heavy atom. The maximum atomic E-state index is 13.9. The van der Waals surface area contributed by atoms with Crippen LogP contribution in [0.4, 0.5) is 8.78 Å². The van der Waals surface area contributed by atoms with Crippen LogP contribution >= 0.6 is 0 Å². The van der Waals surface area contributed by atoms with Crippen LogP contribution in [0.25, 0.3) is 0 Å². The van der Waals surface area contributed by atoms with Crippen molar-refractivity contribution in [3.8, 4) is 0 Å². The highest BCUT2D eigenvalue weighted by atomic mass is 32.2. The van der Waals surface area contributed by atoms with E-state index in [2.05, 4.69) is 5.32 Å². The highest BCUT2D eigenvalue weighted by Gasteiger charge is 2.34. The Balaban J connectivity index is 1.95. The topological polar surface area (TPSA) is 66.5 Å². The first-order valence-electron chi connectivity index (χ1n) is 8.12. The second-order valence-electron chi connectivity index (χ2n) is 6.08. The van der Waals surface area contributed by atoms with E-state index in [1.807, 2.05) is 0 Å². The van der Waals surface area contributed by atoms with Crippen LogP contribution in [0.15, 0.2) is 48.5 Å². The molecule has 2 aromatic rings. The van der Waals surface area contributed by atoms with Crippen molar-refractivity contribution in [2.75, 3.05) is 13.1 Å². The van der Waals surface area contributed by atoms with Crippen molar-refractivity contribution in [1.82, 2.24) is 9.62 Å². The van der Waals surface area contributed by atoms with E-state index in [9.17, 15) is 22.0 Å². The van der Waals surface area contributed by atoms with Crippen molar-refractivity contribution in [1.29, 1.82) is 0 Å². The highest BCUT2D eigenvalue weighted by Crippen LogP contribution is 2.30. The summed E-state index contributed by atoms with van der Waals surface area (Å²) in [5, 5.41) is 2.66. The van der Waals surface area contributed by atoms with Gasteiger partial charge in [-0.25, -0.2) is 17.2 Å². The first-order valence-corrected chi connectivity index (χ1v) is 9.73. The molecular weight excluding hydrogens is 362 g/mol. The molecule has 0 saturated carbocycles. The average Bonchev–Trinajstić information content (AvgIpc) is 2.80. The van der Waals surface area contributed by atoms with Gasteiger partial charge >= 0.3 is 0 Å². The minimum absolute atomic E-state index is 0.0187. The molecule has 0 spiro atoms. The van der Waals surface area contributed by atoms with Crippen LogP contribution in [0, 0.1) is 11.6 Å². The van der Waals surface area contributed by atoms with Crippen LogP contribution in [0.2, 0.25) is 0 Å². The Hall–Kier alpha value is -2.32. The second kappa shape index (κ2) is 7.51. The summed E-state index contributed by atoms with van der Waals surface area (Å²) in [6, 6.07) is 11.0. The first-order chi connectivity index (χ1) is 12.4. The van der Waals surface area contributed by atoms with Crippen molar-refractivity contribution in [2.24, 2.45) is 0 Å². The third-order valence-electron chi connectivity index (χ3n) is 4.28. The molecule has 1 amide bonds. The van der Waals surface area contributed by atoms with Gasteiger partial charge in [-0.3, -0.25) is 4.79 Å². The number of rotatable bonds is 4. The molecule has 26 heavy (non-hydrogen) atoms. The molecule has 1 atom stereocenters. The maximum absolute atomic E-state index is 13.9. The minimum Gasteiger partial charge on any atom is -0.355 e. The van der Waals surface area contributed by atoms with E-state index in [0.29, 0.717) is 11.6 Å². The summed E-state index contributed by atoms with van der Waals surface area (Å²) in [5.41, 5.74) is 0.578. The van der Waals surface area contributed by atoms with Gasteiger partial charge in [-0.15, -0.1) is 0 Å². The van der Waals surface area contributed by atoms with E-state index in [-0.39, 0.29) is 31.0 Å². The lowest BCUT2D eigenvalue weighted by Gasteiger charge is -2.28. The fraction of sp³-hybridized carbons (Fsp3) is 0.278. The number of halogens is 2. The number of nitrogens with zero attached hydrogens (tertiary/aromatic N) is 1. The molecule has 1 aliphatic heterocycles. The summed E-state index contributed by atoms with van der Waals surface area (Å²) in [6.45, 7) is 0.254. The molecule has 1 saturated heterocycles. The fourth-order valence-electron chi connectivity index (χ4n) is 3.02. The SMILES string of the molecule is O=C1C[C@@H](c2ccccc2)N(S(=O)(=O)Cc2ccc(F)cc2F)CCN1. The van der Waals surface area contributed by atoms with Gasteiger partial charge in [0.15, 0.2) is 0 Å². The molecule has 0 radical (unpaired) electrons. The summed E-state index contributed by atoms with van der Waals surface area (Å²) >= 11 is 0. The standard InChI is InChI=1S/C18H18F2N2O3S/c19-15-7-6-14(16(20)10-15)12-26(24,25)22-9-8-21-18(23)11-17(22)13-4-2-1-3-5-13/h1-7,10,17H,8-9,11-12H2,(H,21,23)/t17-/m0/s1. The quantitative estimate of drug-likeness (QED) is 0.886. The second-order valence-corrected chi connectivity index (χ2v) is 8.00. The monoisotopic (exact) mass is 380 g/mol.